The van der Waals surface area contributed by atoms with E-state index < -0.39 is 5.95 Å². The highest BCUT2D eigenvalue weighted by molar-refractivity contribution is 5.33. The fraction of sp³-hybridized carbons (Fsp3) is 0.545. The quantitative estimate of drug-likeness (QED) is 0.748. The average Bonchev–Trinajstić information content (AvgIpc) is 2.11. The van der Waals surface area contributed by atoms with Crippen molar-refractivity contribution in [3.05, 3.63) is 24.1 Å². The molecule has 0 saturated heterocycles. The van der Waals surface area contributed by atoms with Crippen LogP contribution in [0.2, 0.25) is 0 Å². The van der Waals surface area contributed by atoms with E-state index in [1.807, 2.05) is 0 Å². The van der Waals surface area contributed by atoms with Crippen molar-refractivity contribution >= 4 is 5.82 Å². The molecule has 1 aromatic rings. The zero-order valence-electron chi connectivity index (χ0n) is 8.33. The van der Waals surface area contributed by atoms with E-state index in [4.69, 9.17) is 0 Å². The topological polar surface area (TPSA) is 24.9 Å². The van der Waals surface area contributed by atoms with Crippen molar-refractivity contribution in [1.82, 2.24) is 4.98 Å². The van der Waals surface area contributed by atoms with Crippen LogP contribution in [0.1, 0.15) is 19.8 Å². The van der Waals surface area contributed by atoms with Crippen LogP contribution in [0.5, 0.6) is 0 Å². The number of hydrogen-bond acceptors (Lipinski definition) is 2. The van der Waals surface area contributed by atoms with Crippen LogP contribution in [0.15, 0.2) is 18.2 Å². The van der Waals surface area contributed by atoms with Gasteiger partial charge >= 0.3 is 0 Å². The monoisotopic (exact) mass is 194 g/mol. The predicted molar refractivity (Wildman–Crippen MR) is 54.6 cm³/mol. The normalized spacial score (nSPS) is 25.6. The maximum Gasteiger partial charge on any atom is 0.214 e. The maximum absolute atomic E-state index is 12.7. The summed E-state index contributed by atoms with van der Waals surface area (Å²) in [5, 5.41) is 3.16. The lowest BCUT2D eigenvalue weighted by Gasteiger charge is -2.32. The highest BCUT2D eigenvalue weighted by atomic mass is 19.1. The van der Waals surface area contributed by atoms with Crippen molar-refractivity contribution in [2.45, 2.75) is 19.8 Å². The van der Waals surface area contributed by atoms with Crippen LogP contribution in [0.4, 0.5) is 10.2 Å². The second kappa shape index (κ2) is 3.95. The Bertz CT molecular complexity index is 308. The molecule has 1 fully saturated rings. The number of rotatable bonds is 3. The molecule has 0 spiro atoms. The van der Waals surface area contributed by atoms with E-state index in [1.54, 1.807) is 12.1 Å². The number of aromatic nitrogens is 1. The molecule has 0 bridgehead atoms. The van der Waals surface area contributed by atoms with Gasteiger partial charge < -0.3 is 5.32 Å². The zero-order chi connectivity index (χ0) is 9.97. The lowest BCUT2D eigenvalue weighted by atomic mass is 9.76. The van der Waals surface area contributed by atoms with Gasteiger partial charge in [0.05, 0.1) is 0 Å². The van der Waals surface area contributed by atoms with Crippen LogP contribution in [-0.2, 0) is 0 Å². The van der Waals surface area contributed by atoms with E-state index in [0.29, 0.717) is 5.82 Å². The summed E-state index contributed by atoms with van der Waals surface area (Å²) < 4.78 is 12.7. The van der Waals surface area contributed by atoms with Gasteiger partial charge in [0, 0.05) is 6.54 Å². The van der Waals surface area contributed by atoms with Gasteiger partial charge in [-0.2, -0.15) is 4.39 Å². The van der Waals surface area contributed by atoms with Crippen molar-refractivity contribution in [2.24, 2.45) is 11.8 Å². The van der Waals surface area contributed by atoms with Crippen molar-refractivity contribution in [3.63, 3.8) is 0 Å². The zero-order valence-corrected chi connectivity index (χ0v) is 8.33. The first-order valence-corrected chi connectivity index (χ1v) is 5.10. The van der Waals surface area contributed by atoms with E-state index >= 15 is 0 Å². The molecule has 0 atom stereocenters. The first-order chi connectivity index (χ1) is 6.74. The van der Waals surface area contributed by atoms with Gasteiger partial charge in [-0.15, -0.1) is 0 Å². The molecule has 0 unspecified atom stereocenters. The fourth-order valence-corrected chi connectivity index (χ4v) is 1.99. The summed E-state index contributed by atoms with van der Waals surface area (Å²) in [6.07, 6.45) is 2.56. The first kappa shape index (κ1) is 9.44. The molecular formula is C11H15FN2. The van der Waals surface area contributed by atoms with Crippen molar-refractivity contribution < 1.29 is 4.39 Å². The number of anilines is 1. The standard InChI is InChI=1S/C11H15FN2/c1-8-5-9(6-8)7-13-11-4-2-3-10(12)14-11/h2-4,8-9H,5-7H2,1H3,(H,13,14). The van der Waals surface area contributed by atoms with Crippen LogP contribution in [0, 0.1) is 17.8 Å². The molecule has 0 radical (unpaired) electrons. The van der Waals surface area contributed by atoms with E-state index in [1.165, 1.54) is 18.9 Å². The van der Waals surface area contributed by atoms with Crippen LogP contribution >= 0.6 is 0 Å². The van der Waals surface area contributed by atoms with Gasteiger partial charge in [0.25, 0.3) is 0 Å². The minimum Gasteiger partial charge on any atom is -0.370 e. The predicted octanol–water partition coefficient (Wildman–Crippen LogP) is 2.68. The molecule has 0 aromatic carbocycles. The summed E-state index contributed by atoms with van der Waals surface area (Å²) in [5.74, 6) is 1.83. The second-order valence-electron chi connectivity index (χ2n) is 4.17. The Morgan fingerprint density at radius 3 is 2.93 bits per heavy atom. The van der Waals surface area contributed by atoms with Crippen LogP contribution in [-0.4, -0.2) is 11.5 Å². The second-order valence-corrected chi connectivity index (χ2v) is 4.17. The molecule has 3 heteroatoms. The van der Waals surface area contributed by atoms with Crippen molar-refractivity contribution in [2.75, 3.05) is 11.9 Å². The number of halogens is 1. The van der Waals surface area contributed by atoms with Gasteiger partial charge in [-0.25, -0.2) is 4.98 Å². The molecule has 76 valence electrons. The number of pyridine rings is 1. The first-order valence-electron chi connectivity index (χ1n) is 5.10. The van der Waals surface area contributed by atoms with E-state index in [-0.39, 0.29) is 0 Å². The molecule has 1 aliphatic rings. The fourth-order valence-electron chi connectivity index (χ4n) is 1.99. The summed E-state index contributed by atoms with van der Waals surface area (Å²) in [6, 6.07) is 4.83. The Morgan fingerprint density at radius 2 is 2.29 bits per heavy atom. The Hall–Kier alpha value is -1.12. The molecule has 0 aliphatic heterocycles. The molecule has 1 heterocycles. The molecule has 1 aliphatic carbocycles. The molecule has 2 nitrogen and oxygen atoms in total. The Kier molecular flexibility index (Phi) is 2.66. The van der Waals surface area contributed by atoms with Crippen LogP contribution in [0.25, 0.3) is 0 Å². The van der Waals surface area contributed by atoms with E-state index in [0.717, 1.165) is 18.4 Å². The molecule has 14 heavy (non-hydrogen) atoms. The summed E-state index contributed by atoms with van der Waals surface area (Å²) in [4.78, 5) is 3.74. The highest BCUT2D eigenvalue weighted by Gasteiger charge is 2.24. The SMILES string of the molecule is CC1CC(CNc2cccc(F)n2)C1. The highest BCUT2D eigenvalue weighted by Crippen LogP contribution is 2.32. The van der Waals surface area contributed by atoms with E-state index in [2.05, 4.69) is 17.2 Å². The summed E-state index contributed by atoms with van der Waals surface area (Å²) >= 11 is 0. The van der Waals surface area contributed by atoms with Gasteiger partial charge in [0.1, 0.15) is 5.82 Å². The lowest BCUT2D eigenvalue weighted by Crippen LogP contribution is -2.27. The van der Waals surface area contributed by atoms with Gasteiger partial charge in [-0.3, -0.25) is 0 Å². The van der Waals surface area contributed by atoms with Crippen molar-refractivity contribution in [1.29, 1.82) is 0 Å². The number of hydrogen-bond donors (Lipinski definition) is 1. The van der Waals surface area contributed by atoms with Crippen LogP contribution in [0.3, 0.4) is 0 Å². The lowest BCUT2D eigenvalue weighted by molar-refractivity contribution is 0.225. The maximum atomic E-state index is 12.7. The number of nitrogens with zero attached hydrogens (tertiary/aromatic N) is 1. The average molecular weight is 194 g/mol. The third-order valence-corrected chi connectivity index (χ3v) is 2.76. The summed E-state index contributed by atoms with van der Waals surface area (Å²) in [6.45, 7) is 3.18. The van der Waals surface area contributed by atoms with Crippen LogP contribution < -0.4 is 5.32 Å². The molecule has 1 saturated carbocycles. The third kappa shape index (κ3) is 2.22. The molecule has 1 N–H and O–H groups in total. The number of nitrogens with one attached hydrogen (secondary N) is 1. The van der Waals surface area contributed by atoms with Gasteiger partial charge in [-0.1, -0.05) is 13.0 Å². The largest absolute Gasteiger partial charge is 0.370 e. The minimum absolute atomic E-state index is 0.419. The van der Waals surface area contributed by atoms with E-state index in [9.17, 15) is 4.39 Å². The molecule has 0 amide bonds. The Morgan fingerprint density at radius 1 is 1.50 bits per heavy atom. The third-order valence-electron chi connectivity index (χ3n) is 2.76. The summed E-state index contributed by atoms with van der Waals surface area (Å²) in [5.41, 5.74) is 0. The molecular weight excluding hydrogens is 179 g/mol. The Balaban J connectivity index is 1.80. The summed E-state index contributed by atoms with van der Waals surface area (Å²) in [7, 11) is 0. The minimum atomic E-state index is -0.419. The molecule has 2 rings (SSSR count). The van der Waals surface area contributed by atoms with Gasteiger partial charge in [0.15, 0.2) is 0 Å². The van der Waals surface area contributed by atoms with Crippen molar-refractivity contribution in [3.8, 4) is 0 Å². The smallest absolute Gasteiger partial charge is 0.214 e. The van der Waals surface area contributed by atoms with Gasteiger partial charge in [-0.05, 0) is 36.8 Å². The van der Waals surface area contributed by atoms with Gasteiger partial charge in [0.2, 0.25) is 5.95 Å². The Labute approximate surface area is 83.6 Å². The molecule has 1 aromatic heterocycles.